The molecule has 1 rings (SSSR count). The summed E-state index contributed by atoms with van der Waals surface area (Å²) in [6.45, 7) is -0.0464. The van der Waals surface area contributed by atoms with Crippen molar-refractivity contribution in [2.75, 3.05) is 11.9 Å². The first-order valence-electron chi connectivity index (χ1n) is 4.87. The fraction of sp³-hybridized carbons (Fsp3) is 0.300. The lowest BCUT2D eigenvalue weighted by Crippen LogP contribution is -2.41. The molecule has 1 aromatic carbocycles. The fourth-order valence-corrected chi connectivity index (χ4v) is 1.54. The van der Waals surface area contributed by atoms with Crippen LogP contribution in [0, 0.1) is 0 Å². The van der Waals surface area contributed by atoms with E-state index in [2.05, 4.69) is 21.2 Å². The zero-order valence-corrected chi connectivity index (χ0v) is 10.7. The number of carbonyl (C=O) groups excluding carboxylic acids is 1. The summed E-state index contributed by atoms with van der Waals surface area (Å²) < 4.78 is 37.9. The highest BCUT2D eigenvalue weighted by molar-refractivity contribution is 9.10. The number of alkyl halides is 3. The Morgan fingerprint density at radius 1 is 1.44 bits per heavy atom. The number of hydrogen-bond acceptors (Lipinski definition) is 3. The Balaban J connectivity index is 2.85. The molecule has 1 atom stereocenters. The molecular formula is C10H11BrF3N3O. The van der Waals surface area contributed by atoms with Gasteiger partial charge in [0.05, 0.1) is 5.56 Å². The quantitative estimate of drug-likeness (QED) is 0.788. The summed E-state index contributed by atoms with van der Waals surface area (Å²) in [5.41, 5.74) is 9.71. The molecule has 1 aromatic rings. The summed E-state index contributed by atoms with van der Waals surface area (Å²) in [6, 6.07) is 2.17. The van der Waals surface area contributed by atoms with Crippen LogP contribution in [0.15, 0.2) is 22.7 Å². The molecule has 0 saturated carbocycles. The molecule has 0 radical (unpaired) electrons. The van der Waals surface area contributed by atoms with Gasteiger partial charge in [-0.25, -0.2) is 0 Å². The van der Waals surface area contributed by atoms with Crippen molar-refractivity contribution < 1.29 is 18.0 Å². The SMILES string of the molecule is NC(=O)C(N)CNc1cc(C(F)(F)F)ccc1Br. The number of halogens is 4. The van der Waals surface area contributed by atoms with Crippen LogP contribution in [0.2, 0.25) is 0 Å². The van der Waals surface area contributed by atoms with Crippen LogP contribution in [0.25, 0.3) is 0 Å². The van der Waals surface area contributed by atoms with Crippen molar-refractivity contribution in [2.45, 2.75) is 12.2 Å². The number of amides is 1. The lowest BCUT2D eigenvalue weighted by atomic mass is 10.2. The van der Waals surface area contributed by atoms with E-state index in [1.54, 1.807) is 0 Å². The minimum absolute atomic E-state index is 0.0464. The number of anilines is 1. The number of nitrogens with one attached hydrogen (secondary N) is 1. The third-order valence-corrected chi connectivity index (χ3v) is 2.86. The largest absolute Gasteiger partial charge is 0.416 e. The highest BCUT2D eigenvalue weighted by Gasteiger charge is 2.30. The van der Waals surface area contributed by atoms with Gasteiger partial charge in [0.15, 0.2) is 0 Å². The zero-order chi connectivity index (χ0) is 13.9. The maximum Gasteiger partial charge on any atom is 0.416 e. The van der Waals surface area contributed by atoms with E-state index in [0.717, 1.165) is 12.1 Å². The maximum atomic E-state index is 12.5. The molecule has 8 heteroatoms. The predicted octanol–water partition coefficient (Wildman–Crippen LogP) is 1.69. The number of primary amides is 1. The van der Waals surface area contributed by atoms with Gasteiger partial charge in [0, 0.05) is 16.7 Å². The van der Waals surface area contributed by atoms with E-state index in [4.69, 9.17) is 11.5 Å². The Morgan fingerprint density at radius 3 is 2.56 bits per heavy atom. The molecule has 0 saturated heterocycles. The van der Waals surface area contributed by atoms with Crippen molar-refractivity contribution in [3.8, 4) is 0 Å². The number of hydrogen-bond donors (Lipinski definition) is 3. The van der Waals surface area contributed by atoms with Gasteiger partial charge >= 0.3 is 6.18 Å². The molecule has 1 unspecified atom stereocenters. The van der Waals surface area contributed by atoms with Crippen molar-refractivity contribution in [3.63, 3.8) is 0 Å². The van der Waals surface area contributed by atoms with Gasteiger partial charge in [0.25, 0.3) is 0 Å². The second-order valence-corrected chi connectivity index (χ2v) is 4.44. The zero-order valence-electron chi connectivity index (χ0n) is 9.09. The molecule has 0 aromatic heterocycles. The van der Waals surface area contributed by atoms with Crippen LogP contribution in [0.3, 0.4) is 0 Å². The van der Waals surface area contributed by atoms with Gasteiger partial charge in [-0.2, -0.15) is 13.2 Å². The molecule has 0 aliphatic heterocycles. The van der Waals surface area contributed by atoms with Gasteiger partial charge in [0.1, 0.15) is 6.04 Å². The average Bonchev–Trinajstić information content (AvgIpc) is 2.25. The number of benzene rings is 1. The number of nitrogens with two attached hydrogens (primary N) is 2. The molecule has 5 N–H and O–H groups in total. The smallest absolute Gasteiger partial charge is 0.382 e. The minimum Gasteiger partial charge on any atom is -0.382 e. The molecule has 0 heterocycles. The summed E-state index contributed by atoms with van der Waals surface area (Å²) in [6.07, 6.45) is -4.43. The van der Waals surface area contributed by atoms with E-state index in [1.165, 1.54) is 6.07 Å². The first-order valence-corrected chi connectivity index (χ1v) is 5.66. The lowest BCUT2D eigenvalue weighted by molar-refractivity contribution is -0.137. The highest BCUT2D eigenvalue weighted by Crippen LogP contribution is 2.33. The van der Waals surface area contributed by atoms with Gasteiger partial charge < -0.3 is 16.8 Å². The first kappa shape index (κ1) is 14.8. The van der Waals surface area contributed by atoms with Crippen LogP contribution in [-0.4, -0.2) is 18.5 Å². The number of carbonyl (C=O) groups is 1. The van der Waals surface area contributed by atoms with E-state index >= 15 is 0 Å². The molecule has 0 aliphatic rings. The monoisotopic (exact) mass is 325 g/mol. The maximum absolute atomic E-state index is 12.5. The van der Waals surface area contributed by atoms with E-state index in [0.29, 0.717) is 4.47 Å². The topological polar surface area (TPSA) is 81.1 Å². The van der Waals surface area contributed by atoms with Crippen LogP contribution >= 0.6 is 15.9 Å². The van der Waals surface area contributed by atoms with Crippen molar-refractivity contribution >= 4 is 27.5 Å². The summed E-state index contributed by atoms with van der Waals surface area (Å²) in [5.74, 6) is -0.731. The van der Waals surface area contributed by atoms with Crippen molar-refractivity contribution in [1.82, 2.24) is 0 Å². The third kappa shape index (κ3) is 3.88. The second kappa shape index (κ2) is 5.57. The Labute approximate surface area is 110 Å². The molecular weight excluding hydrogens is 315 g/mol. The Kier molecular flexibility index (Phi) is 4.58. The molecule has 1 amide bonds. The minimum atomic E-state index is -4.43. The van der Waals surface area contributed by atoms with Gasteiger partial charge in [-0.1, -0.05) is 0 Å². The standard InChI is InChI=1S/C10H11BrF3N3O/c11-6-2-1-5(10(12,13)14)3-8(6)17-4-7(15)9(16)18/h1-3,7,17H,4,15H2,(H2,16,18). The Hall–Kier alpha value is -1.28. The van der Waals surface area contributed by atoms with E-state index in [1.807, 2.05) is 0 Å². The third-order valence-electron chi connectivity index (χ3n) is 2.17. The molecule has 0 aliphatic carbocycles. The molecule has 4 nitrogen and oxygen atoms in total. The van der Waals surface area contributed by atoms with E-state index < -0.39 is 23.7 Å². The second-order valence-electron chi connectivity index (χ2n) is 3.58. The van der Waals surface area contributed by atoms with Crippen LogP contribution in [-0.2, 0) is 11.0 Å². The highest BCUT2D eigenvalue weighted by atomic mass is 79.9. The van der Waals surface area contributed by atoms with Crippen molar-refractivity contribution in [1.29, 1.82) is 0 Å². The van der Waals surface area contributed by atoms with Crippen molar-refractivity contribution in [3.05, 3.63) is 28.2 Å². The lowest BCUT2D eigenvalue weighted by Gasteiger charge is -2.14. The van der Waals surface area contributed by atoms with Gasteiger partial charge in [0.2, 0.25) is 5.91 Å². The molecule has 100 valence electrons. The molecule has 18 heavy (non-hydrogen) atoms. The molecule has 0 spiro atoms. The normalized spacial score (nSPS) is 13.2. The van der Waals surface area contributed by atoms with E-state index in [9.17, 15) is 18.0 Å². The van der Waals surface area contributed by atoms with Crippen LogP contribution in [0.1, 0.15) is 5.56 Å². The Morgan fingerprint density at radius 2 is 2.06 bits per heavy atom. The fourth-order valence-electron chi connectivity index (χ4n) is 1.16. The number of rotatable bonds is 4. The van der Waals surface area contributed by atoms with Gasteiger partial charge in [-0.05, 0) is 34.1 Å². The van der Waals surface area contributed by atoms with Crippen molar-refractivity contribution in [2.24, 2.45) is 11.5 Å². The summed E-state index contributed by atoms with van der Waals surface area (Å²) in [4.78, 5) is 10.7. The summed E-state index contributed by atoms with van der Waals surface area (Å²) >= 11 is 3.10. The van der Waals surface area contributed by atoms with E-state index in [-0.39, 0.29) is 12.2 Å². The predicted molar refractivity (Wildman–Crippen MR) is 64.8 cm³/mol. The Bertz CT molecular complexity index is 450. The van der Waals surface area contributed by atoms with Crippen LogP contribution < -0.4 is 16.8 Å². The molecule has 0 fully saturated rings. The van der Waals surface area contributed by atoms with Gasteiger partial charge in [-0.3, -0.25) is 4.79 Å². The average molecular weight is 326 g/mol. The molecule has 0 bridgehead atoms. The van der Waals surface area contributed by atoms with Gasteiger partial charge in [-0.15, -0.1) is 0 Å². The summed E-state index contributed by atoms with van der Waals surface area (Å²) in [5, 5.41) is 2.63. The first-order chi connectivity index (χ1) is 8.21. The van der Waals surface area contributed by atoms with Crippen LogP contribution in [0.4, 0.5) is 18.9 Å². The van der Waals surface area contributed by atoms with Crippen LogP contribution in [0.5, 0.6) is 0 Å². The summed E-state index contributed by atoms with van der Waals surface area (Å²) in [7, 11) is 0.